The molecule has 0 heterocycles. The van der Waals surface area contributed by atoms with Gasteiger partial charge in [-0.1, -0.05) is 18.2 Å². The number of carbonyl (C=O) groups is 1. The summed E-state index contributed by atoms with van der Waals surface area (Å²) in [5, 5.41) is 11.6. The van der Waals surface area contributed by atoms with Gasteiger partial charge in [0.15, 0.2) is 0 Å². The number of carbonyl (C=O) groups excluding carboxylic acids is 1. The number of nitriles is 1. The van der Waals surface area contributed by atoms with Crippen molar-refractivity contribution in [3.05, 3.63) is 59.7 Å². The molecule has 1 amide bonds. The van der Waals surface area contributed by atoms with Crippen LogP contribution in [0.5, 0.6) is 0 Å². The van der Waals surface area contributed by atoms with E-state index >= 15 is 0 Å². The lowest BCUT2D eigenvalue weighted by atomic mass is 10.2. The number of hydrogen-bond donors (Lipinski definition) is 1. The quantitative estimate of drug-likeness (QED) is 0.786. The van der Waals surface area contributed by atoms with Crippen LogP contribution in [0.3, 0.4) is 0 Å². The molecule has 2 aromatic rings. The lowest BCUT2D eigenvalue weighted by molar-refractivity contribution is -0.113. The number of nitrogens with one attached hydrogen (secondary N) is 1. The standard InChI is InChI=1S/C18H19N3O3S2/c1-21(2)26(23,24)17-8-4-6-15(10-17)12-25-13-18(22)20-16-7-3-5-14(9-16)11-19/h3-10H,12-13H2,1-2H3,(H,20,22). The van der Waals surface area contributed by atoms with Gasteiger partial charge in [0.1, 0.15) is 0 Å². The monoisotopic (exact) mass is 389 g/mol. The summed E-state index contributed by atoms with van der Waals surface area (Å²) < 4.78 is 25.5. The van der Waals surface area contributed by atoms with Crippen LogP contribution in [0.25, 0.3) is 0 Å². The third kappa shape index (κ3) is 5.33. The first-order valence-corrected chi connectivity index (χ1v) is 10.3. The molecule has 6 nitrogen and oxygen atoms in total. The molecule has 0 bridgehead atoms. The van der Waals surface area contributed by atoms with E-state index in [1.54, 1.807) is 42.5 Å². The fraction of sp³-hybridized carbons (Fsp3) is 0.222. The van der Waals surface area contributed by atoms with Crippen molar-refractivity contribution in [2.24, 2.45) is 0 Å². The van der Waals surface area contributed by atoms with Gasteiger partial charge in [0.2, 0.25) is 15.9 Å². The van der Waals surface area contributed by atoms with Crippen LogP contribution in [0.15, 0.2) is 53.4 Å². The molecule has 0 radical (unpaired) electrons. The van der Waals surface area contributed by atoms with E-state index < -0.39 is 10.0 Å². The molecule has 2 rings (SSSR count). The third-order valence-electron chi connectivity index (χ3n) is 3.45. The summed E-state index contributed by atoms with van der Waals surface area (Å²) in [7, 11) is -0.493. The molecule has 0 aliphatic heterocycles. The zero-order valence-corrected chi connectivity index (χ0v) is 16.1. The Morgan fingerprint density at radius 1 is 1.19 bits per heavy atom. The smallest absolute Gasteiger partial charge is 0.242 e. The molecule has 0 saturated heterocycles. The molecule has 0 spiro atoms. The van der Waals surface area contributed by atoms with Crippen molar-refractivity contribution in [3.8, 4) is 6.07 Å². The predicted molar refractivity (Wildman–Crippen MR) is 103 cm³/mol. The van der Waals surface area contributed by atoms with E-state index in [4.69, 9.17) is 5.26 Å². The number of benzene rings is 2. The number of thioether (sulfide) groups is 1. The molecule has 0 aliphatic carbocycles. The van der Waals surface area contributed by atoms with E-state index in [2.05, 4.69) is 5.32 Å². The van der Waals surface area contributed by atoms with Gasteiger partial charge < -0.3 is 5.32 Å². The summed E-state index contributed by atoms with van der Waals surface area (Å²) in [4.78, 5) is 12.2. The van der Waals surface area contributed by atoms with Crippen molar-refractivity contribution in [2.45, 2.75) is 10.6 Å². The van der Waals surface area contributed by atoms with Gasteiger partial charge in [-0.15, -0.1) is 11.8 Å². The van der Waals surface area contributed by atoms with Crippen LogP contribution in [-0.4, -0.2) is 38.5 Å². The Hall–Kier alpha value is -2.34. The van der Waals surface area contributed by atoms with Crippen LogP contribution in [0, 0.1) is 11.3 Å². The Labute approximate surface area is 157 Å². The second kappa shape index (κ2) is 8.85. The Morgan fingerprint density at radius 2 is 1.92 bits per heavy atom. The van der Waals surface area contributed by atoms with Crippen LogP contribution < -0.4 is 5.32 Å². The maximum atomic E-state index is 12.2. The first-order valence-electron chi connectivity index (χ1n) is 7.72. The normalized spacial score (nSPS) is 11.2. The molecule has 1 N–H and O–H groups in total. The molecule has 0 unspecified atom stereocenters. The average molecular weight is 390 g/mol. The van der Waals surface area contributed by atoms with E-state index in [0.29, 0.717) is 17.0 Å². The number of sulfonamides is 1. The Balaban J connectivity index is 1.91. The lowest BCUT2D eigenvalue weighted by Gasteiger charge is -2.12. The number of hydrogen-bond acceptors (Lipinski definition) is 5. The van der Waals surface area contributed by atoms with Gasteiger partial charge in [-0.3, -0.25) is 4.79 Å². The zero-order chi connectivity index (χ0) is 19.2. The SMILES string of the molecule is CN(C)S(=O)(=O)c1cccc(CSCC(=O)Nc2cccc(C#N)c2)c1. The van der Waals surface area contributed by atoms with Crippen LogP contribution in [0.4, 0.5) is 5.69 Å². The molecule has 26 heavy (non-hydrogen) atoms. The second-order valence-corrected chi connectivity index (χ2v) is 8.81. The second-order valence-electron chi connectivity index (χ2n) is 5.67. The Kier molecular flexibility index (Phi) is 6.80. The van der Waals surface area contributed by atoms with Crippen LogP contribution in [-0.2, 0) is 20.6 Å². The van der Waals surface area contributed by atoms with Crippen molar-refractivity contribution in [3.63, 3.8) is 0 Å². The summed E-state index contributed by atoms with van der Waals surface area (Å²) in [6.45, 7) is 0. The Morgan fingerprint density at radius 3 is 2.62 bits per heavy atom. The first-order chi connectivity index (χ1) is 12.3. The molecular weight excluding hydrogens is 370 g/mol. The van der Waals surface area contributed by atoms with Crippen LogP contribution >= 0.6 is 11.8 Å². The maximum absolute atomic E-state index is 12.2. The minimum Gasteiger partial charge on any atom is -0.325 e. The molecule has 0 saturated carbocycles. The van der Waals surface area contributed by atoms with E-state index in [0.717, 1.165) is 5.56 Å². The minimum atomic E-state index is -3.47. The van der Waals surface area contributed by atoms with Crippen molar-refractivity contribution < 1.29 is 13.2 Å². The van der Waals surface area contributed by atoms with Crippen LogP contribution in [0.2, 0.25) is 0 Å². The highest BCUT2D eigenvalue weighted by Crippen LogP contribution is 2.19. The largest absolute Gasteiger partial charge is 0.325 e. The van der Waals surface area contributed by atoms with Crippen LogP contribution in [0.1, 0.15) is 11.1 Å². The Bertz CT molecular complexity index is 935. The maximum Gasteiger partial charge on any atom is 0.242 e. The van der Waals surface area contributed by atoms with E-state index in [1.807, 2.05) is 12.1 Å². The van der Waals surface area contributed by atoms with E-state index in [9.17, 15) is 13.2 Å². The summed E-state index contributed by atoms with van der Waals surface area (Å²) in [6, 6.07) is 15.4. The molecule has 0 atom stereocenters. The van der Waals surface area contributed by atoms with Gasteiger partial charge >= 0.3 is 0 Å². The number of anilines is 1. The van der Waals surface area contributed by atoms with Gasteiger partial charge in [-0.05, 0) is 35.9 Å². The molecule has 136 valence electrons. The number of amides is 1. The summed E-state index contributed by atoms with van der Waals surface area (Å²) in [6.07, 6.45) is 0. The van der Waals surface area contributed by atoms with E-state index in [1.165, 1.54) is 30.2 Å². The molecular formula is C18H19N3O3S2. The van der Waals surface area contributed by atoms with Gasteiger partial charge in [0.25, 0.3) is 0 Å². The number of rotatable bonds is 7. The summed E-state index contributed by atoms with van der Waals surface area (Å²) in [5.41, 5.74) is 1.89. The summed E-state index contributed by atoms with van der Waals surface area (Å²) in [5.74, 6) is 0.561. The van der Waals surface area contributed by atoms with Gasteiger partial charge in [0, 0.05) is 25.5 Å². The fourth-order valence-corrected chi connectivity index (χ4v) is 3.88. The molecule has 0 aromatic heterocycles. The van der Waals surface area contributed by atoms with Crippen molar-refractivity contribution in [1.29, 1.82) is 5.26 Å². The first kappa shape index (κ1) is 20.0. The highest BCUT2D eigenvalue weighted by molar-refractivity contribution is 7.99. The lowest BCUT2D eigenvalue weighted by Crippen LogP contribution is -2.22. The zero-order valence-electron chi connectivity index (χ0n) is 14.5. The van der Waals surface area contributed by atoms with Gasteiger partial charge in [-0.2, -0.15) is 5.26 Å². The molecule has 0 fully saturated rings. The molecule has 0 aliphatic rings. The van der Waals surface area contributed by atoms with Gasteiger partial charge in [-0.25, -0.2) is 12.7 Å². The summed E-state index contributed by atoms with van der Waals surface area (Å²) >= 11 is 1.39. The van der Waals surface area contributed by atoms with Gasteiger partial charge in [0.05, 0.1) is 22.3 Å². The topological polar surface area (TPSA) is 90.3 Å². The van der Waals surface area contributed by atoms with Crippen molar-refractivity contribution in [1.82, 2.24) is 4.31 Å². The average Bonchev–Trinajstić information content (AvgIpc) is 2.62. The fourth-order valence-electron chi connectivity index (χ4n) is 2.13. The molecule has 8 heteroatoms. The van der Waals surface area contributed by atoms with Crippen molar-refractivity contribution in [2.75, 3.05) is 25.2 Å². The highest BCUT2D eigenvalue weighted by Gasteiger charge is 2.17. The predicted octanol–water partition coefficient (Wildman–Crippen LogP) is 2.68. The number of nitrogens with zero attached hydrogens (tertiary/aromatic N) is 2. The highest BCUT2D eigenvalue weighted by atomic mass is 32.2. The molecule has 2 aromatic carbocycles. The minimum absolute atomic E-state index is 0.179. The van der Waals surface area contributed by atoms with E-state index in [-0.39, 0.29) is 16.6 Å². The third-order valence-corrected chi connectivity index (χ3v) is 6.27. The van der Waals surface area contributed by atoms with Crippen molar-refractivity contribution >= 4 is 33.4 Å².